The van der Waals surface area contributed by atoms with Crippen LogP contribution < -0.4 is 5.32 Å². The van der Waals surface area contributed by atoms with Gasteiger partial charge in [0.2, 0.25) is 0 Å². The van der Waals surface area contributed by atoms with Crippen molar-refractivity contribution < 1.29 is 0 Å². The summed E-state index contributed by atoms with van der Waals surface area (Å²) < 4.78 is 2.35. The van der Waals surface area contributed by atoms with Crippen molar-refractivity contribution in [3.63, 3.8) is 0 Å². The van der Waals surface area contributed by atoms with Crippen molar-refractivity contribution in [3.05, 3.63) is 52.8 Å². The van der Waals surface area contributed by atoms with E-state index in [9.17, 15) is 0 Å². The van der Waals surface area contributed by atoms with E-state index in [0.29, 0.717) is 0 Å². The Balaban J connectivity index is 2.46. The summed E-state index contributed by atoms with van der Waals surface area (Å²) in [4.78, 5) is 0. The van der Waals surface area contributed by atoms with Crippen molar-refractivity contribution in [2.75, 3.05) is 6.54 Å². The summed E-state index contributed by atoms with van der Waals surface area (Å²) in [6, 6.07) is 10.8. The van der Waals surface area contributed by atoms with E-state index in [4.69, 9.17) is 0 Å². The molecule has 0 aliphatic rings. The van der Waals surface area contributed by atoms with Crippen LogP contribution in [0.25, 0.3) is 5.69 Å². The maximum absolute atomic E-state index is 3.40. The van der Waals surface area contributed by atoms with Gasteiger partial charge in [0, 0.05) is 23.6 Å². The molecule has 2 nitrogen and oxygen atoms in total. The smallest absolute Gasteiger partial charge is 0.0484 e. The SMILES string of the molecule is CCNCc1cc(C)n(-c2ccccc2C)c1C. The van der Waals surface area contributed by atoms with Crippen LogP contribution in [0, 0.1) is 20.8 Å². The number of aryl methyl sites for hydroxylation is 2. The second-order valence-electron chi connectivity index (χ2n) is 4.80. The standard InChI is InChI=1S/C16H22N2/c1-5-17-11-15-10-13(3)18(14(15)4)16-9-7-6-8-12(16)2/h6-10,17H,5,11H2,1-4H3. The van der Waals surface area contributed by atoms with Crippen LogP contribution in [0.3, 0.4) is 0 Å². The van der Waals surface area contributed by atoms with Gasteiger partial charge in [0.15, 0.2) is 0 Å². The van der Waals surface area contributed by atoms with Gasteiger partial charge in [0.1, 0.15) is 0 Å². The third-order valence-electron chi connectivity index (χ3n) is 3.46. The monoisotopic (exact) mass is 242 g/mol. The minimum absolute atomic E-state index is 0.946. The third-order valence-corrected chi connectivity index (χ3v) is 3.46. The van der Waals surface area contributed by atoms with Gasteiger partial charge in [0.25, 0.3) is 0 Å². The zero-order valence-electron chi connectivity index (χ0n) is 11.7. The summed E-state index contributed by atoms with van der Waals surface area (Å²) in [6.07, 6.45) is 0. The van der Waals surface area contributed by atoms with Crippen LogP contribution in [0.15, 0.2) is 30.3 Å². The van der Waals surface area contributed by atoms with Crippen LogP contribution >= 0.6 is 0 Å². The van der Waals surface area contributed by atoms with Crippen molar-refractivity contribution in [1.29, 1.82) is 0 Å². The van der Waals surface area contributed by atoms with Gasteiger partial charge in [-0.1, -0.05) is 25.1 Å². The van der Waals surface area contributed by atoms with Gasteiger partial charge in [-0.2, -0.15) is 0 Å². The first-order valence-corrected chi connectivity index (χ1v) is 6.59. The molecule has 0 amide bonds. The molecule has 0 saturated heterocycles. The molecular formula is C16H22N2. The first kappa shape index (κ1) is 12.9. The van der Waals surface area contributed by atoms with Gasteiger partial charge in [-0.15, -0.1) is 0 Å². The number of hydrogen-bond acceptors (Lipinski definition) is 1. The number of nitrogens with one attached hydrogen (secondary N) is 1. The molecule has 2 rings (SSSR count). The molecule has 1 N–H and O–H groups in total. The molecule has 0 fully saturated rings. The number of benzene rings is 1. The second kappa shape index (κ2) is 5.40. The van der Waals surface area contributed by atoms with Crippen LogP contribution in [-0.4, -0.2) is 11.1 Å². The Bertz CT molecular complexity index is 538. The van der Waals surface area contributed by atoms with E-state index in [1.54, 1.807) is 0 Å². The van der Waals surface area contributed by atoms with Gasteiger partial charge >= 0.3 is 0 Å². The highest BCUT2D eigenvalue weighted by Crippen LogP contribution is 2.22. The van der Waals surface area contributed by atoms with E-state index in [2.05, 4.69) is 67.9 Å². The average Bonchev–Trinajstić information content (AvgIpc) is 2.63. The normalized spacial score (nSPS) is 10.9. The topological polar surface area (TPSA) is 17.0 Å². The van der Waals surface area contributed by atoms with Gasteiger partial charge in [-0.3, -0.25) is 0 Å². The fraction of sp³-hybridized carbons (Fsp3) is 0.375. The van der Waals surface area contributed by atoms with Gasteiger partial charge < -0.3 is 9.88 Å². The van der Waals surface area contributed by atoms with E-state index in [0.717, 1.165) is 13.1 Å². The van der Waals surface area contributed by atoms with Crippen LogP contribution in [0.5, 0.6) is 0 Å². The lowest BCUT2D eigenvalue weighted by molar-refractivity contribution is 0.722. The highest BCUT2D eigenvalue weighted by atomic mass is 15.0. The predicted molar refractivity (Wildman–Crippen MR) is 77.4 cm³/mol. The lowest BCUT2D eigenvalue weighted by Crippen LogP contribution is -2.12. The van der Waals surface area contributed by atoms with E-state index in [1.165, 1.54) is 28.2 Å². The first-order chi connectivity index (χ1) is 8.65. The van der Waals surface area contributed by atoms with Gasteiger partial charge in [-0.05, 0) is 50.6 Å². The Morgan fingerprint density at radius 1 is 1.11 bits per heavy atom. The minimum atomic E-state index is 0.946. The van der Waals surface area contributed by atoms with Crippen molar-refractivity contribution in [2.24, 2.45) is 0 Å². The maximum atomic E-state index is 3.40. The highest BCUT2D eigenvalue weighted by molar-refractivity contribution is 5.46. The molecule has 1 heterocycles. The molecule has 2 heteroatoms. The molecule has 96 valence electrons. The summed E-state index contributed by atoms with van der Waals surface area (Å²) in [5.74, 6) is 0. The Morgan fingerprint density at radius 2 is 1.83 bits per heavy atom. The lowest BCUT2D eigenvalue weighted by atomic mass is 10.2. The number of rotatable bonds is 4. The number of hydrogen-bond donors (Lipinski definition) is 1. The molecule has 0 atom stereocenters. The molecule has 0 radical (unpaired) electrons. The van der Waals surface area contributed by atoms with E-state index in [-0.39, 0.29) is 0 Å². The Hall–Kier alpha value is -1.54. The fourth-order valence-electron chi connectivity index (χ4n) is 2.45. The summed E-state index contributed by atoms with van der Waals surface area (Å²) in [7, 11) is 0. The van der Waals surface area contributed by atoms with E-state index < -0.39 is 0 Å². The molecule has 0 unspecified atom stereocenters. The summed E-state index contributed by atoms with van der Waals surface area (Å²) in [5, 5.41) is 3.40. The van der Waals surface area contributed by atoms with Gasteiger partial charge in [0.05, 0.1) is 0 Å². The molecule has 2 aromatic rings. The molecule has 0 bridgehead atoms. The summed E-state index contributed by atoms with van der Waals surface area (Å²) >= 11 is 0. The fourth-order valence-corrected chi connectivity index (χ4v) is 2.45. The van der Waals surface area contributed by atoms with E-state index >= 15 is 0 Å². The van der Waals surface area contributed by atoms with Crippen LogP contribution in [-0.2, 0) is 6.54 Å². The first-order valence-electron chi connectivity index (χ1n) is 6.59. The van der Waals surface area contributed by atoms with Crippen LogP contribution in [0.2, 0.25) is 0 Å². The molecule has 18 heavy (non-hydrogen) atoms. The Morgan fingerprint density at radius 3 is 2.50 bits per heavy atom. The highest BCUT2D eigenvalue weighted by Gasteiger charge is 2.11. The Kier molecular flexibility index (Phi) is 3.87. The maximum Gasteiger partial charge on any atom is 0.0484 e. The van der Waals surface area contributed by atoms with Gasteiger partial charge in [-0.25, -0.2) is 0 Å². The summed E-state index contributed by atoms with van der Waals surface area (Å²) in [5.41, 5.74) is 6.62. The molecule has 1 aromatic carbocycles. The average molecular weight is 242 g/mol. The van der Waals surface area contributed by atoms with Crippen LogP contribution in [0.4, 0.5) is 0 Å². The molecule has 0 saturated carbocycles. The summed E-state index contributed by atoms with van der Waals surface area (Å²) in [6.45, 7) is 10.6. The largest absolute Gasteiger partial charge is 0.318 e. The van der Waals surface area contributed by atoms with Crippen molar-refractivity contribution in [3.8, 4) is 5.69 Å². The zero-order chi connectivity index (χ0) is 13.1. The van der Waals surface area contributed by atoms with Crippen molar-refractivity contribution >= 4 is 0 Å². The minimum Gasteiger partial charge on any atom is -0.318 e. The number of aromatic nitrogens is 1. The van der Waals surface area contributed by atoms with Crippen LogP contribution in [0.1, 0.15) is 29.4 Å². The number of nitrogens with zero attached hydrogens (tertiary/aromatic N) is 1. The second-order valence-corrected chi connectivity index (χ2v) is 4.80. The lowest BCUT2D eigenvalue weighted by Gasteiger charge is -2.13. The molecule has 0 aliphatic heterocycles. The molecular weight excluding hydrogens is 220 g/mol. The quantitative estimate of drug-likeness (QED) is 0.868. The molecule has 1 aromatic heterocycles. The van der Waals surface area contributed by atoms with Crippen molar-refractivity contribution in [1.82, 2.24) is 9.88 Å². The zero-order valence-corrected chi connectivity index (χ0v) is 11.7. The molecule has 0 aliphatic carbocycles. The predicted octanol–water partition coefficient (Wildman–Crippen LogP) is 3.51. The number of para-hydroxylation sites is 1. The van der Waals surface area contributed by atoms with E-state index in [1.807, 2.05) is 0 Å². The van der Waals surface area contributed by atoms with Crippen molar-refractivity contribution in [2.45, 2.75) is 34.2 Å². The Labute approximate surface area is 110 Å². The molecule has 0 spiro atoms. The third kappa shape index (κ3) is 2.34.